The van der Waals surface area contributed by atoms with E-state index in [1.807, 2.05) is 25.1 Å². The first-order valence-electron chi connectivity index (χ1n) is 7.12. The highest BCUT2D eigenvalue weighted by Gasteiger charge is 2.32. The van der Waals surface area contributed by atoms with Crippen LogP contribution < -0.4 is 5.73 Å². The van der Waals surface area contributed by atoms with Gasteiger partial charge in [0.05, 0.1) is 5.75 Å². The average molecular weight is 297 g/mol. The van der Waals surface area contributed by atoms with Crippen molar-refractivity contribution in [1.82, 2.24) is 9.29 Å². The van der Waals surface area contributed by atoms with Crippen LogP contribution in [-0.4, -0.2) is 42.6 Å². The normalized spacial score (nSPS) is 24.7. The van der Waals surface area contributed by atoms with Crippen molar-refractivity contribution in [3.05, 3.63) is 30.1 Å². The molecular weight excluding hydrogens is 274 g/mol. The van der Waals surface area contributed by atoms with Crippen molar-refractivity contribution in [2.24, 2.45) is 11.7 Å². The first-order valence-corrected chi connectivity index (χ1v) is 8.73. The smallest absolute Gasteiger partial charge is 0.214 e. The Bertz CT molecular complexity index is 518. The number of piperidine rings is 1. The minimum absolute atomic E-state index is 0.0755. The van der Waals surface area contributed by atoms with Crippen molar-refractivity contribution in [2.75, 3.05) is 18.8 Å². The summed E-state index contributed by atoms with van der Waals surface area (Å²) in [6.45, 7) is 3.09. The highest BCUT2D eigenvalue weighted by atomic mass is 32.2. The molecule has 6 heteroatoms. The van der Waals surface area contributed by atoms with Crippen LogP contribution in [0.2, 0.25) is 0 Å². The van der Waals surface area contributed by atoms with Gasteiger partial charge >= 0.3 is 0 Å². The van der Waals surface area contributed by atoms with Gasteiger partial charge in [0, 0.05) is 30.9 Å². The summed E-state index contributed by atoms with van der Waals surface area (Å²) in [5.74, 6) is 0.405. The zero-order valence-corrected chi connectivity index (χ0v) is 12.7. The largest absolute Gasteiger partial charge is 0.330 e. The molecule has 0 spiro atoms. The summed E-state index contributed by atoms with van der Waals surface area (Å²) in [6, 6.07) is 5.64. The van der Waals surface area contributed by atoms with Gasteiger partial charge < -0.3 is 5.73 Å². The number of sulfonamides is 1. The van der Waals surface area contributed by atoms with Crippen LogP contribution in [0.5, 0.6) is 0 Å². The number of rotatable bonds is 5. The molecule has 0 radical (unpaired) electrons. The topological polar surface area (TPSA) is 76.3 Å². The molecule has 1 saturated heterocycles. The minimum atomic E-state index is -3.24. The molecule has 5 nitrogen and oxygen atoms in total. The Labute approximate surface area is 121 Å². The van der Waals surface area contributed by atoms with E-state index in [1.165, 1.54) is 0 Å². The van der Waals surface area contributed by atoms with Gasteiger partial charge in [0.1, 0.15) is 0 Å². The van der Waals surface area contributed by atoms with Crippen LogP contribution in [0.3, 0.4) is 0 Å². The lowest BCUT2D eigenvalue weighted by atomic mass is 9.96. The predicted molar refractivity (Wildman–Crippen MR) is 79.7 cm³/mol. The summed E-state index contributed by atoms with van der Waals surface area (Å²) in [5, 5.41) is 0. The second kappa shape index (κ2) is 6.65. The van der Waals surface area contributed by atoms with Crippen molar-refractivity contribution in [3.63, 3.8) is 0 Å². The van der Waals surface area contributed by atoms with Crippen molar-refractivity contribution in [1.29, 1.82) is 0 Å². The Morgan fingerprint density at radius 1 is 1.40 bits per heavy atom. The van der Waals surface area contributed by atoms with Crippen molar-refractivity contribution in [3.8, 4) is 0 Å². The van der Waals surface area contributed by atoms with Gasteiger partial charge in [-0.15, -0.1) is 0 Å². The molecule has 1 aliphatic heterocycles. The standard InChI is InChI=1S/C14H23N3O2S/c1-12-5-6-13(10-15)11-17(12)20(18,19)9-7-14-4-2-3-8-16-14/h2-4,8,12-13H,5-7,9-11,15H2,1H3. The Hall–Kier alpha value is -0.980. The van der Waals surface area contributed by atoms with Crippen molar-refractivity contribution >= 4 is 10.0 Å². The molecule has 0 saturated carbocycles. The van der Waals surface area contributed by atoms with E-state index in [9.17, 15) is 8.42 Å². The fourth-order valence-corrected chi connectivity index (χ4v) is 4.42. The van der Waals surface area contributed by atoms with Crippen molar-refractivity contribution < 1.29 is 8.42 Å². The monoisotopic (exact) mass is 297 g/mol. The van der Waals surface area contributed by atoms with E-state index in [2.05, 4.69) is 4.98 Å². The van der Waals surface area contributed by atoms with Gasteiger partial charge in [-0.25, -0.2) is 8.42 Å². The first-order chi connectivity index (χ1) is 9.53. The number of aryl methyl sites for hydroxylation is 1. The second-order valence-corrected chi connectivity index (χ2v) is 7.53. The maximum atomic E-state index is 12.5. The number of hydrogen-bond donors (Lipinski definition) is 1. The fourth-order valence-electron chi connectivity index (χ4n) is 2.62. The molecule has 20 heavy (non-hydrogen) atoms. The van der Waals surface area contributed by atoms with Crippen LogP contribution in [0, 0.1) is 5.92 Å². The van der Waals surface area contributed by atoms with Crippen LogP contribution in [0.1, 0.15) is 25.5 Å². The molecule has 2 atom stereocenters. The molecule has 112 valence electrons. The summed E-state index contributed by atoms with van der Waals surface area (Å²) < 4.78 is 26.6. The van der Waals surface area contributed by atoms with Crippen LogP contribution in [0.15, 0.2) is 24.4 Å². The molecule has 1 aromatic heterocycles. The van der Waals surface area contributed by atoms with Crippen LogP contribution in [-0.2, 0) is 16.4 Å². The molecule has 2 rings (SSSR count). The van der Waals surface area contributed by atoms with E-state index in [1.54, 1.807) is 10.5 Å². The quantitative estimate of drug-likeness (QED) is 0.880. The molecule has 2 unspecified atom stereocenters. The third-order valence-electron chi connectivity index (χ3n) is 3.96. The lowest BCUT2D eigenvalue weighted by Crippen LogP contribution is -2.48. The van der Waals surface area contributed by atoms with E-state index >= 15 is 0 Å². The molecule has 0 amide bonds. The Kier molecular flexibility index (Phi) is 5.12. The van der Waals surface area contributed by atoms with Gasteiger partial charge in [-0.05, 0) is 44.4 Å². The molecule has 0 bridgehead atoms. The average Bonchev–Trinajstić information content (AvgIpc) is 2.47. The molecule has 1 aliphatic rings. The number of hydrogen-bond acceptors (Lipinski definition) is 4. The van der Waals surface area contributed by atoms with Gasteiger partial charge in [-0.1, -0.05) is 6.07 Å². The van der Waals surface area contributed by atoms with Gasteiger partial charge in [0.2, 0.25) is 10.0 Å². The van der Waals surface area contributed by atoms with Crippen LogP contribution >= 0.6 is 0 Å². The summed E-state index contributed by atoms with van der Waals surface area (Å²) in [4.78, 5) is 4.17. The maximum absolute atomic E-state index is 12.5. The van der Waals surface area contributed by atoms with Crippen LogP contribution in [0.25, 0.3) is 0 Å². The van der Waals surface area contributed by atoms with E-state index < -0.39 is 10.0 Å². The molecular formula is C14H23N3O2S. The van der Waals surface area contributed by atoms with Gasteiger partial charge in [0.15, 0.2) is 0 Å². The van der Waals surface area contributed by atoms with Gasteiger partial charge in [-0.2, -0.15) is 4.31 Å². The highest BCUT2D eigenvalue weighted by molar-refractivity contribution is 7.89. The second-order valence-electron chi connectivity index (χ2n) is 5.48. The predicted octanol–water partition coefficient (Wildman–Crippen LogP) is 1.01. The highest BCUT2D eigenvalue weighted by Crippen LogP contribution is 2.24. The van der Waals surface area contributed by atoms with E-state index in [-0.39, 0.29) is 17.7 Å². The van der Waals surface area contributed by atoms with E-state index in [0.29, 0.717) is 19.5 Å². The number of nitrogens with zero attached hydrogens (tertiary/aromatic N) is 2. The van der Waals surface area contributed by atoms with Gasteiger partial charge in [-0.3, -0.25) is 4.98 Å². The molecule has 1 aromatic rings. The lowest BCUT2D eigenvalue weighted by Gasteiger charge is -2.36. The summed E-state index contributed by atoms with van der Waals surface area (Å²) >= 11 is 0. The molecule has 1 fully saturated rings. The summed E-state index contributed by atoms with van der Waals surface area (Å²) in [7, 11) is -3.24. The summed E-state index contributed by atoms with van der Waals surface area (Å²) in [6.07, 6.45) is 4.06. The number of nitrogens with two attached hydrogens (primary N) is 1. The third-order valence-corrected chi connectivity index (χ3v) is 5.90. The van der Waals surface area contributed by atoms with Gasteiger partial charge in [0.25, 0.3) is 0 Å². The lowest BCUT2D eigenvalue weighted by molar-refractivity contribution is 0.211. The zero-order valence-electron chi connectivity index (χ0n) is 11.9. The maximum Gasteiger partial charge on any atom is 0.214 e. The Morgan fingerprint density at radius 3 is 2.85 bits per heavy atom. The fraction of sp³-hybridized carbons (Fsp3) is 0.643. The van der Waals surface area contributed by atoms with E-state index in [4.69, 9.17) is 5.73 Å². The Morgan fingerprint density at radius 2 is 2.20 bits per heavy atom. The van der Waals surface area contributed by atoms with Crippen molar-refractivity contribution in [2.45, 2.75) is 32.2 Å². The number of aromatic nitrogens is 1. The molecule has 0 aromatic carbocycles. The Balaban J connectivity index is 2.01. The van der Waals surface area contributed by atoms with Crippen LogP contribution in [0.4, 0.5) is 0 Å². The van der Waals surface area contributed by atoms with E-state index in [0.717, 1.165) is 18.5 Å². The summed E-state index contributed by atoms with van der Waals surface area (Å²) in [5.41, 5.74) is 6.50. The first kappa shape index (κ1) is 15.4. The molecule has 0 aliphatic carbocycles. The SMILES string of the molecule is CC1CCC(CN)CN1S(=O)(=O)CCc1ccccn1. The number of pyridine rings is 1. The zero-order chi connectivity index (χ0) is 14.6. The third kappa shape index (κ3) is 3.77. The molecule has 2 N–H and O–H groups in total. The minimum Gasteiger partial charge on any atom is -0.330 e. The molecule has 2 heterocycles.